The van der Waals surface area contributed by atoms with Gasteiger partial charge in [-0.15, -0.1) is 0 Å². The third kappa shape index (κ3) is 1.17. The molecule has 0 aliphatic carbocycles. The van der Waals surface area contributed by atoms with Gasteiger partial charge in [-0.2, -0.15) is 0 Å². The van der Waals surface area contributed by atoms with Gasteiger partial charge < -0.3 is 10.1 Å². The smallest absolute Gasteiger partial charge is 0.0634 e. The summed E-state index contributed by atoms with van der Waals surface area (Å²) in [4.78, 5) is 2.51. The van der Waals surface area contributed by atoms with Crippen molar-refractivity contribution in [3.8, 4) is 0 Å². The molecule has 3 nitrogen and oxygen atoms in total. The standard InChI is InChI=1S/C7H14N2O/c1-2-9-3-4-10-6-7(9)5-8-1/h7-8H,1-6H2/t7-/m1/s1. The second-order valence-corrected chi connectivity index (χ2v) is 2.97. The first-order valence-corrected chi connectivity index (χ1v) is 3.99. The van der Waals surface area contributed by atoms with Gasteiger partial charge in [-0.05, 0) is 0 Å². The quantitative estimate of drug-likeness (QED) is 0.483. The molecule has 2 aliphatic rings. The third-order valence-electron chi connectivity index (χ3n) is 2.31. The van der Waals surface area contributed by atoms with E-state index in [4.69, 9.17) is 4.74 Å². The summed E-state index contributed by atoms with van der Waals surface area (Å²) in [5.74, 6) is 0. The maximum absolute atomic E-state index is 5.36. The van der Waals surface area contributed by atoms with E-state index in [1.165, 1.54) is 6.54 Å². The number of morpholine rings is 1. The second-order valence-electron chi connectivity index (χ2n) is 2.97. The fourth-order valence-electron chi connectivity index (χ4n) is 1.66. The molecule has 1 atom stereocenters. The highest BCUT2D eigenvalue weighted by molar-refractivity contribution is 4.81. The van der Waals surface area contributed by atoms with Crippen molar-refractivity contribution in [3.05, 3.63) is 0 Å². The van der Waals surface area contributed by atoms with Gasteiger partial charge in [-0.1, -0.05) is 0 Å². The third-order valence-corrected chi connectivity index (χ3v) is 2.31. The van der Waals surface area contributed by atoms with E-state index < -0.39 is 0 Å². The Balaban J connectivity index is 1.93. The number of rotatable bonds is 0. The molecule has 2 fully saturated rings. The van der Waals surface area contributed by atoms with Crippen molar-refractivity contribution >= 4 is 0 Å². The first kappa shape index (κ1) is 6.58. The van der Waals surface area contributed by atoms with Gasteiger partial charge in [0.15, 0.2) is 0 Å². The lowest BCUT2D eigenvalue weighted by Gasteiger charge is -2.39. The Morgan fingerprint density at radius 3 is 3.30 bits per heavy atom. The number of nitrogens with zero attached hydrogens (tertiary/aromatic N) is 1. The average molecular weight is 142 g/mol. The van der Waals surface area contributed by atoms with Crippen molar-refractivity contribution in [2.75, 3.05) is 39.4 Å². The van der Waals surface area contributed by atoms with Crippen LogP contribution in [0.4, 0.5) is 0 Å². The van der Waals surface area contributed by atoms with Crippen LogP contribution in [0.25, 0.3) is 0 Å². The summed E-state index contributed by atoms with van der Waals surface area (Å²) >= 11 is 0. The van der Waals surface area contributed by atoms with E-state index in [1.54, 1.807) is 0 Å². The minimum Gasteiger partial charge on any atom is -0.378 e. The SMILES string of the molecule is C1CN2CCOC[C@H]2CN1. The van der Waals surface area contributed by atoms with Crippen molar-refractivity contribution < 1.29 is 4.74 Å². The van der Waals surface area contributed by atoms with E-state index in [-0.39, 0.29) is 0 Å². The van der Waals surface area contributed by atoms with Crippen LogP contribution < -0.4 is 5.32 Å². The van der Waals surface area contributed by atoms with Gasteiger partial charge in [0.05, 0.1) is 13.2 Å². The molecule has 2 heterocycles. The molecule has 3 heteroatoms. The monoisotopic (exact) mass is 142 g/mol. The normalized spacial score (nSPS) is 35.4. The van der Waals surface area contributed by atoms with Crippen molar-refractivity contribution in [1.29, 1.82) is 0 Å². The van der Waals surface area contributed by atoms with Crippen LogP contribution in [0.3, 0.4) is 0 Å². The lowest BCUT2D eigenvalue weighted by molar-refractivity contribution is -0.0168. The molecule has 1 N–H and O–H groups in total. The molecule has 0 amide bonds. The van der Waals surface area contributed by atoms with Crippen molar-refractivity contribution in [2.45, 2.75) is 6.04 Å². The van der Waals surface area contributed by atoms with E-state index >= 15 is 0 Å². The maximum atomic E-state index is 5.36. The highest BCUT2D eigenvalue weighted by atomic mass is 16.5. The van der Waals surface area contributed by atoms with E-state index in [9.17, 15) is 0 Å². The van der Waals surface area contributed by atoms with Gasteiger partial charge in [0.2, 0.25) is 0 Å². The lowest BCUT2D eigenvalue weighted by atomic mass is 10.2. The zero-order valence-electron chi connectivity index (χ0n) is 6.18. The number of hydrogen-bond acceptors (Lipinski definition) is 3. The van der Waals surface area contributed by atoms with Crippen LogP contribution in [0, 0.1) is 0 Å². The number of ether oxygens (including phenoxy) is 1. The van der Waals surface area contributed by atoms with Gasteiger partial charge in [-0.3, -0.25) is 4.90 Å². The van der Waals surface area contributed by atoms with Gasteiger partial charge in [-0.25, -0.2) is 0 Å². The molecular weight excluding hydrogens is 128 g/mol. The van der Waals surface area contributed by atoms with Crippen molar-refractivity contribution in [2.24, 2.45) is 0 Å². The van der Waals surface area contributed by atoms with Crippen LogP contribution in [-0.4, -0.2) is 50.3 Å². The lowest BCUT2D eigenvalue weighted by Crippen LogP contribution is -2.56. The average Bonchev–Trinajstić information content (AvgIpc) is 2.05. The maximum Gasteiger partial charge on any atom is 0.0634 e. The summed E-state index contributed by atoms with van der Waals surface area (Å²) < 4.78 is 5.36. The molecule has 2 rings (SSSR count). The highest BCUT2D eigenvalue weighted by Gasteiger charge is 2.24. The number of nitrogens with one attached hydrogen (secondary N) is 1. The summed E-state index contributed by atoms with van der Waals surface area (Å²) in [5.41, 5.74) is 0. The van der Waals surface area contributed by atoms with Crippen LogP contribution in [0.15, 0.2) is 0 Å². The van der Waals surface area contributed by atoms with Crippen LogP contribution in [0.1, 0.15) is 0 Å². The zero-order chi connectivity index (χ0) is 6.81. The Kier molecular flexibility index (Phi) is 1.88. The molecule has 0 aromatic heterocycles. The van der Waals surface area contributed by atoms with Crippen LogP contribution in [0.2, 0.25) is 0 Å². The van der Waals surface area contributed by atoms with E-state index in [0.29, 0.717) is 6.04 Å². The van der Waals surface area contributed by atoms with E-state index in [2.05, 4.69) is 10.2 Å². The molecule has 0 aromatic rings. The Hall–Kier alpha value is -0.120. The molecular formula is C7H14N2O. The van der Waals surface area contributed by atoms with E-state index in [0.717, 1.165) is 32.8 Å². The largest absolute Gasteiger partial charge is 0.378 e. The Morgan fingerprint density at radius 1 is 1.40 bits per heavy atom. The van der Waals surface area contributed by atoms with Crippen LogP contribution >= 0.6 is 0 Å². The van der Waals surface area contributed by atoms with Gasteiger partial charge in [0.1, 0.15) is 0 Å². The summed E-state index contributed by atoms with van der Waals surface area (Å²) in [7, 11) is 0. The molecule has 0 spiro atoms. The Labute approximate surface area is 61.3 Å². The molecule has 58 valence electrons. The minimum atomic E-state index is 0.655. The van der Waals surface area contributed by atoms with Gasteiger partial charge in [0, 0.05) is 32.2 Å². The topological polar surface area (TPSA) is 24.5 Å². The molecule has 2 saturated heterocycles. The second kappa shape index (κ2) is 2.86. The fourth-order valence-corrected chi connectivity index (χ4v) is 1.66. The molecule has 0 radical (unpaired) electrons. The molecule has 2 aliphatic heterocycles. The highest BCUT2D eigenvalue weighted by Crippen LogP contribution is 2.07. The summed E-state index contributed by atoms with van der Waals surface area (Å²) in [6, 6.07) is 0.655. The summed E-state index contributed by atoms with van der Waals surface area (Å²) in [6.07, 6.45) is 0. The predicted molar refractivity (Wildman–Crippen MR) is 39.0 cm³/mol. The molecule has 0 bridgehead atoms. The zero-order valence-corrected chi connectivity index (χ0v) is 6.18. The Morgan fingerprint density at radius 2 is 2.40 bits per heavy atom. The fraction of sp³-hybridized carbons (Fsp3) is 1.00. The Bertz CT molecular complexity index is 92.2. The summed E-state index contributed by atoms with van der Waals surface area (Å²) in [5, 5.41) is 3.36. The van der Waals surface area contributed by atoms with Gasteiger partial charge in [0.25, 0.3) is 0 Å². The molecule has 10 heavy (non-hydrogen) atoms. The predicted octanol–water partition coefficient (Wildman–Crippen LogP) is -0.710. The number of hydrogen-bond donors (Lipinski definition) is 1. The van der Waals surface area contributed by atoms with Crippen molar-refractivity contribution in [3.63, 3.8) is 0 Å². The summed E-state index contributed by atoms with van der Waals surface area (Å²) in [6.45, 7) is 6.44. The minimum absolute atomic E-state index is 0.655. The first-order valence-electron chi connectivity index (χ1n) is 3.99. The number of piperazine rings is 1. The molecule has 0 unspecified atom stereocenters. The number of fused-ring (bicyclic) bond motifs is 1. The van der Waals surface area contributed by atoms with E-state index in [1.807, 2.05) is 0 Å². The van der Waals surface area contributed by atoms with Gasteiger partial charge >= 0.3 is 0 Å². The first-order chi connectivity index (χ1) is 4.97. The van der Waals surface area contributed by atoms with Crippen LogP contribution in [-0.2, 0) is 4.74 Å². The molecule has 0 aromatic carbocycles. The molecule has 0 saturated carbocycles. The van der Waals surface area contributed by atoms with Crippen molar-refractivity contribution in [1.82, 2.24) is 10.2 Å². The van der Waals surface area contributed by atoms with Crippen LogP contribution in [0.5, 0.6) is 0 Å².